The van der Waals surface area contributed by atoms with Crippen LogP contribution in [0.4, 0.5) is 0 Å². The van der Waals surface area contributed by atoms with Gasteiger partial charge in [-0.25, -0.2) is 4.98 Å². The molecule has 0 aliphatic carbocycles. The van der Waals surface area contributed by atoms with E-state index in [1.165, 1.54) is 0 Å². The molecule has 5 nitrogen and oxygen atoms in total. The molecule has 0 saturated carbocycles. The third-order valence-corrected chi connectivity index (χ3v) is 17.9. The average molecular weight is 1130 g/mol. The van der Waals surface area contributed by atoms with Gasteiger partial charge in [-0.2, -0.15) is 5.26 Å². The van der Waals surface area contributed by atoms with Gasteiger partial charge in [-0.3, -0.25) is 9.13 Å². The van der Waals surface area contributed by atoms with Gasteiger partial charge in [-0.05, 0) is 127 Å². The van der Waals surface area contributed by atoms with Gasteiger partial charge < -0.3 is 4.57 Å². The third kappa shape index (κ3) is 8.27. The van der Waals surface area contributed by atoms with Crippen molar-refractivity contribution in [2.75, 3.05) is 0 Å². The van der Waals surface area contributed by atoms with Crippen molar-refractivity contribution in [3.05, 3.63) is 327 Å². The van der Waals surface area contributed by atoms with E-state index in [4.69, 9.17) is 4.98 Å². The van der Waals surface area contributed by atoms with Crippen LogP contribution >= 0.6 is 0 Å². The van der Waals surface area contributed by atoms with Crippen molar-refractivity contribution < 1.29 is 0 Å². The van der Waals surface area contributed by atoms with E-state index in [9.17, 15) is 5.26 Å². The summed E-state index contributed by atoms with van der Waals surface area (Å²) < 4.78 is 7.31. The fourth-order valence-electron chi connectivity index (χ4n) is 14.2. The maximum Gasteiger partial charge on any atom is 0.165 e. The second-order valence-corrected chi connectivity index (χ2v) is 22.8. The zero-order valence-electron chi connectivity index (χ0n) is 48.3. The first-order chi connectivity index (χ1) is 44.2. The Bertz CT molecular complexity index is 5350. The number of benzene rings is 13. The molecule has 4 aromatic heterocycles. The van der Waals surface area contributed by atoms with E-state index in [0.29, 0.717) is 5.56 Å². The van der Waals surface area contributed by atoms with Crippen LogP contribution in [-0.4, -0.2) is 18.7 Å². The Balaban J connectivity index is 1.12. The van der Waals surface area contributed by atoms with Crippen LogP contribution < -0.4 is 0 Å². The Labute approximate surface area is 514 Å². The molecule has 89 heavy (non-hydrogen) atoms. The van der Waals surface area contributed by atoms with Gasteiger partial charge in [0.05, 0.1) is 50.4 Å². The first-order valence-electron chi connectivity index (χ1n) is 30.3. The van der Waals surface area contributed by atoms with Crippen LogP contribution in [0.25, 0.3) is 161 Å². The molecule has 17 rings (SSSR count). The van der Waals surface area contributed by atoms with Crippen LogP contribution in [-0.2, 0) is 0 Å². The summed E-state index contributed by atoms with van der Waals surface area (Å²) in [4.78, 5) is 6.37. The summed E-state index contributed by atoms with van der Waals surface area (Å²) in [6.45, 7) is 0. The van der Waals surface area contributed by atoms with Gasteiger partial charge in [0.1, 0.15) is 5.82 Å². The van der Waals surface area contributed by atoms with Crippen molar-refractivity contribution in [3.8, 4) is 101 Å². The molecule has 0 bridgehead atoms. The molecule has 0 aliphatic rings. The summed E-state index contributed by atoms with van der Waals surface area (Å²) in [5.41, 5.74) is 22.8. The highest BCUT2D eigenvalue weighted by Crippen LogP contribution is 2.50. The van der Waals surface area contributed by atoms with E-state index < -0.39 is 0 Å². The number of nitriles is 1. The predicted molar refractivity (Wildman–Crippen MR) is 370 cm³/mol. The average Bonchev–Trinajstić information content (AvgIpc) is 1.58. The number of pyridine rings is 1. The van der Waals surface area contributed by atoms with Crippen LogP contribution in [0, 0.1) is 11.3 Å². The molecule has 0 fully saturated rings. The summed E-state index contributed by atoms with van der Waals surface area (Å²) >= 11 is 0. The minimum Gasteiger partial charge on any atom is -0.305 e. The summed E-state index contributed by atoms with van der Waals surface area (Å²) in [6, 6.07) is 118. The van der Waals surface area contributed by atoms with E-state index in [0.717, 1.165) is 161 Å². The lowest BCUT2D eigenvalue weighted by atomic mass is 9.95. The van der Waals surface area contributed by atoms with Crippen molar-refractivity contribution >= 4 is 65.4 Å². The lowest BCUT2D eigenvalue weighted by Gasteiger charge is -2.22. The Kier molecular flexibility index (Phi) is 12.2. The van der Waals surface area contributed by atoms with E-state index in [2.05, 4.69) is 323 Å². The molecular formula is C84H53N5. The van der Waals surface area contributed by atoms with Crippen molar-refractivity contribution in [1.82, 2.24) is 18.7 Å². The highest BCUT2D eigenvalue weighted by molar-refractivity contribution is 6.24. The largest absolute Gasteiger partial charge is 0.305 e. The third-order valence-electron chi connectivity index (χ3n) is 17.9. The van der Waals surface area contributed by atoms with Crippen LogP contribution in [0.1, 0.15) is 5.56 Å². The second-order valence-electron chi connectivity index (χ2n) is 22.8. The minimum atomic E-state index is 0.557. The van der Waals surface area contributed by atoms with Crippen LogP contribution in [0.2, 0.25) is 0 Å². The lowest BCUT2D eigenvalue weighted by Crippen LogP contribution is -2.11. The predicted octanol–water partition coefficient (Wildman–Crippen LogP) is 21.9. The molecule has 414 valence electrons. The fraction of sp³-hybridized carbons (Fsp3) is 0. The number of hydrogen-bond donors (Lipinski definition) is 0. The maximum absolute atomic E-state index is 10.9. The molecule has 0 unspecified atom stereocenters. The standard InChI is InChI=1S/C84H53N5/c85-54-55-26-19-39-62(52-55)69-53-76(87-70-46-20-40-63(56-27-7-1-8-28-56)77(70)78-64(41-21-47-71(78)87)57-29-9-2-10-30-57)86-84(89-74-50-24-44-67(60-35-15-5-16-36-60)81(74)82-68(45-25-51-75(82)89)61-37-17-6-18-38-61)83(69)88-72-48-22-42-65(58-31-11-3-12-32-58)79(72)80-66(43-23-49-73(80)88)59-33-13-4-14-34-59/h1-53H. The quantitative estimate of drug-likeness (QED) is 0.137. The van der Waals surface area contributed by atoms with Crippen LogP contribution in [0.5, 0.6) is 0 Å². The molecule has 0 atom stereocenters. The van der Waals surface area contributed by atoms with Gasteiger partial charge in [0.15, 0.2) is 5.82 Å². The van der Waals surface area contributed by atoms with E-state index in [-0.39, 0.29) is 0 Å². The first-order valence-corrected chi connectivity index (χ1v) is 30.3. The molecular weight excluding hydrogens is 1080 g/mol. The monoisotopic (exact) mass is 1130 g/mol. The molecule has 0 amide bonds. The van der Waals surface area contributed by atoms with Crippen LogP contribution in [0.15, 0.2) is 322 Å². The summed E-state index contributed by atoms with van der Waals surface area (Å²) in [7, 11) is 0. The fourth-order valence-corrected chi connectivity index (χ4v) is 14.2. The molecule has 0 saturated heterocycles. The number of nitrogens with zero attached hydrogens (tertiary/aromatic N) is 5. The van der Waals surface area contributed by atoms with Gasteiger partial charge in [-0.15, -0.1) is 0 Å². The Morgan fingerprint density at radius 1 is 0.236 bits per heavy atom. The number of hydrogen-bond acceptors (Lipinski definition) is 2. The van der Waals surface area contributed by atoms with Crippen LogP contribution in [0.3, 0.4) is 0 Å². The van der Waals surface area contributed by atoms with Crippen molar-refractivity contribution in [2.24, 2.45) is 0 Å². The van der Waals surface area contributed by atoms with Crippen molar-refractivity contribution in [1.29, 1.82) is 5.26 Å². The van der Waals surface area contributed by atoms with E-state index in [1.807, 2.05) is 18.2 Å². The molecule has 17 aromatic rings. The minimum absolute atomic E-state index is 0.557. The first kappa shape index (κ1) is 51.3. The number of aromatic nitrogens is 4. The molecule has 0 spiro atoms. The summed E-state index contributed by atoms with van der Waals surface area (Å²) in [6.07, 6.45) is 0. The van der Waals surface area contributed by atoms with Gasteiger partial charge in [0, 0.05) is 37.9 Å². The lowest BCUT2D eigenvalue weighted by molar-refractivity contribution is 0.985. The number of fused-ring (bicyclic) bond motifs is 9. The maximum atomic E-state index is 10.9. The molecule has 0 radical (unpaired) electrons. The van der Waals surface area contributed by atoms with Crippen molar-refractivity contribution in [2.45, 2.75) is 0 Å². The van der Waals surface area contributed by atoms with E-state index in [1.54, 1.807) is 0 Å². The molecule has 13 aromatic carbocycles. The molecule has 0 N–H and O–H groups in total. The zero-order valence-corrected chi connectivity index (χ0v) is 48.3. The Morgan fingerprint density at radius 2 is 0.506 bits per heavy atom. The van der Waals surface area contributed by atoms with Gasteiger partial charge >= 0.3 is 0 Å². The smallest absolute Gasteiger partial charge is 0.165 e. The number of rotatable bonds is 10. The summed E-state index contributed by atoms with van der Waals surface area (Å²) in [5, 5.41) is 17.7. The normalized spacial score (nSPS) is 11.6. The molecule has 4 heterocycles. The SMILES string of the molecule is N#Cc1cccc(-c2cc(-n3c4cccc(-c5ccccc5)c4c4c(-c5ccccc5)cccc43)nc(-n3c4cccc(-c5ccccc5)c4c4c(-c5ccccc5)cccc43)c2-n2c3cccc(-c4ccccc4)c3c3c(-c4ccccc4)cccc32)c1. The molecule has 0 aliphatic heterocycles. The Morgan fingerprint density at radius 3 is 0.809 bits per heavy atom. The second kappa shape index (κ2) is 21.1. The molecule has 5 heteroatoms. The van der Waals surface area contributed by atoms with Gasteiger partial charge in [0.2, 0.25) is 0 Å². The zero-order chi connectivity index (χ0) is 58.9. The van der Waals surface area contributed by atoms with Gasteiger partial charge in [0.25, 0.3) is 0 Å². The topological polar surface area (TPSA) is 51.5 Å². The van der Waals surface area contributed by atoms with E-state index >= 15 is 0 Å². The highest BCUT2D eigenvalue weighted by Gasteiger charge is 2.30. The summed E-state index contributed by atoms with van der Waals surface area (Å²) in [5.74, 6) is 1.44. The Hall–Kier alpha value is -12.1. The van der Waals surface area contributed by atoms with Gasteiger partial charge in [-0.1, -0.05) is 267 Å². The van der Waals surface area contributed by atoms with Crippen molar-refractivity contribution in [3.63, 3.8) is 0 Å². The highest BCUT2D eigenvalue weighted by atomic mass is 15.2.